The molecule has 0 bridgehead atoms. The highest BCUT2D eigenvalue weighted by atomic mass is 16.1. The summed E-state index contributed by atoms with van der Waals surface area (Å²) in [7, 11) is 0. The van der Waals surface area contributed by atoms with E-state index in [9.17, 15) is 4.79 Å². The quantitative estimate of drug-likeness (QED) is 0.583. The largest absolute Gasteiger partial charge is 0.306 e. The number of pyridine rings is 1. The van der Waals surface area contributed by atoms with Crippen LogP contribution < -0.4 is 5.56 Å². The maximum atomic E-state index is 11.7. The van der Waals surface area contributed by atoms with Crippen molar-refractivity contribution in [3.63, 3.8) is 0 Å². The predicted octanol–water partition coefficient (Wildman–Crippen LogP) is 3.48. The summed E-state index contributed by atoms with van der Waals surface area (Å²) in [4.78, 5) is 19.2. The number of benzene rings is 2. The Kier molecular flexibility index (Phi) is 2.66. The molecule has 0 aliphatic heterocycles. The fourth-order valence-electron chi connectivity index (χ4n) is 3.04. The smallest absolute Gasteiger partial charge is 0.249 e. The molecule has 2 aromatic carbocycles. The Morgan fingerprint density at radius 1 is 1.00 bits per heavy atom. The molecule has 2 heterocycles. The van der Waals surface area contributed by atoms with Gasteiger partial charge in [-0.25, -0.2) is 4.98 Å². The van der Waals surface area contributed by atoms with Crippen LogP contribution in [-0.4, -0.2) is 14.5 Å². The van der Waals surface area contributed by atoms with E-state index < -0.39 is 0 Å². The van der Waals surface area contributed by atoms with Crippen molar-refractivity contribution in [3.05, 3.63) is 70.3 Å². The zero-order chi connectivity index (χ0) is 15.3. The molecule has 0 spiro atoms. The van der Waals surface area contributed by atoms with Gasteiger partial charge in [0.1, 0.15) is 17.0 Å². The molecule has 108 valence electrons. The molecule has 0 fully saturated rings. The average molecular weight is 289 g/mol. The summed E-state index contributed by atoms with van der Waals surface area (Å²) in [5.41, 5.74) is 3.63. The van der Waals surface area contributed by atoms with Gasteiger partial charge in [-0.1, -0.05) is 36.4 Å². The minimum Gasteiger partial charge on any atom is -0.306 e. The number of aromatic amines is 1. The lowest BCUT2D eigenvalue weighted by atomic mass is 10.0. The molecule has 4 heteroatoms. The molecule has 4 rings (SSSR count). The van der Waals surface area contributed by atoms with Gasteiger partial charge >= 0.3 is 0 Å². The van der Waals surface area contributed by atoms with Crippen LogP contribution in [0, 0.1) is 13.8 Å². The molecular weight excluding hydrogens is 274 g/mol. The van der Waals surface area contributed by atoms with Gasteiger partial charge in [0.05, 0.1) is 5.69 Å². The van der Waals surface area contributed by atoms with Crippen molar-refractivity contribution < 1.29 is 0 Å². The lowest BCUT2D eigenvalue weighted by molar-refractivity contribution is 0.982. The van der Waals surface area contributed by atoms with Crippen LogP contribution in [0.2, 0.25) is 0 Å². The van der Waals surface area contributed by atoms with Gasteiger partial charge in [0.15, 0.2) is 0 Å². The molecule has 22 heavy (non-hydrogen) atoms. The third-order valence-electron chi connectivity index (χ3n) is 4.03. The van der Waals surface area contributed by atoms with Crippen LogP contribution in [0.3, 0.4) is 0 Å². The van der Waals surface area contributed by atoms with Crippen molar-refractivity contribution in [1.82, 2.24) is 14.5 Å². The molecule has 2 aromatic heterocycles. The Hall–Kier alpha value is -2.88. The van der Waals surface area contributed by atoms with E-state index in [4.69, 9.17) is 0 Å². The first-order valence-electron chi connectivity index (χ1n) is 7.22. The minimum atomic E-state index is -0.119. The van der Waals surface area contributed by atoms with Gasteiger partial charge in [-0.2, -0.15) is 0 Å². The average Bonchev–Trinajstić information content (AvgIpc) is 2.83. The summed E-state index contributed by atoms with van der Waals surface area (Å²) in [6, 6.07) is 15.7. The van der Waals surface area contributed by atoms with Crippen LogP contribution in [0.5, 0.6) is 0 Å². The highest BCUT2D eigenvalue weighted by Crippen LogP contribution is 2.29. The van der Waals surface area contributed by atoms with Gasteiger partial charge in [-0.3, -0.25) is 9.36 Å². The lowest BCUT2D eigenvalue weighted by Crippen LogP contribution is -2.07. The van der Waals surface area contributed by atoms with Gasteiger partial charge in [0.25, 0.3) is 0 Å². The molecular formula is C18H15N3O. The molecule has 0 amide bonds. The zero-order valence-corrected chi connectivity index (χ0v) is 12.4. The Bertz CT molecular complexity index is 1070. The molecule has 0 saturated heterocycles. The zero-order valence-electron chi connectivity index (χ0n) is 12.4. The predicted molar refractivity (Wildman–Crippen MR) is 88.7 cm³/mol. The number of nitrogens with one attached hydrogen (secondary N) is 1. The Labute approximate surface area is 127 Å². The number of rotatable bonds is 1. The first-order chi connectivity index (χ1) is 10.6. The van der Waals surface area contributed by atoms with Crippen molar-refractivity contribution >= 4 is 21.9 Å². The SMILES string of the molecule is Cc1ccc2ccccc2c1-n1c(C)nc2ccc(=O)[nH]c21. The Balaban J connectivity index is 2.20. The number of aromatic nitrogens is 3. The topological polar surface area (TPSA) is 50.7 Å². The summed E-state index contributed by atoms with van der Waals surface area (Å²) in [6.07, 6.45) is 0. The number of nitrogens with zero attached hydrogens (tertiary/aromatic N) is 2. The first kappa shape index (κ1) is 12.8. The van der Waals surface area contributed by atoms with Gasteiger partial charge in [0.2, 0.25) is 5.56 Å². The van der Waals surface area contributed by atoms with Crippen molar-refractivity contribution in [2.45, 2.75) is 13.8 Å². The van der Waals surface area contributed by atoms with E-state index in [0.29, 0.717) is 0 Å². The molecule has 1 N–H and O–H groups in total. The third kappa shape index (κ3) is 1.77. The minimum absolute atomic E-state index is 0.119. The van der Waals surface area contributed by atoms with Gasteiger partial charge < -0.3 is 4.98 Å². The van der Waals surface area contributed by atoms with Crippen molar-refractivity contribution in [3.8, 4) is 5.69 Å². The van der Waals surface area contributed by atoms with E-state index in [1.165, 1.54) is 11.5 Å². The highest BCUT2D eigenvalue weighted by molar-refractivity contribution is 5.93. The van der Waals surface area contributed by atoms with Crippen LogP contribution in [0.25, 0.3) is 27.6 Å². The molecule has 0 aliphatic rings. The standard InChI is InChI=1S/C18H15N3O/c1-11-7-8-13-5-3-4-6-14(13)17(11)21-12(2)19-15-9-10-16(22)20-18(15)21/h3-10H,1-2H3,(H,20,22). The summed E-state index contributed by atoms with van der Waals surface area (Å²) >= 11 is 0. The number of hydrogen-bond acceptors (Lipinski definition) is 2. The van der Waals surface area contributed by atoms with Crippen LogP contribution in [-0.2, 0) is 0 Å². The van der Waals surface area contributed by atoms with E-state index in [0.717, 1.165) is 33.6 Å². The molecule has 0 atom stereocenters. The van der Waals surface area contributed by atoms with Crippen molar-refractivity contribution in [2.75, 3.05) is 0 Å². The van der Waals surface area contributed by atoms with E-state index in [1.807, 2.05) is 23.6 Å². The molecule has 0 saturated carbocycles. The molecule has 4 nitrogen and oxygen atoms in total. The monoisotopic (exact) mass is 289 g/mol. The third-order valence-corrected chi connectivity index (χ3v) is 4.03. The first-order valence-corrected chi connectivity index (χ1v) is 7.22. The highest BCUT2D eigenvalue weighted by Gasteiger charge is 2.14. The normalized spacial score (nSPS) is 11.4. The van der Waals surface area contributed by atoms with Crippen LogP contribution in [0.1, 0.15) is 11.4 Å². The maximum Gasteiger partial charge on any atom is 0.249 e. The van der Waals surface area contributed by atoms with Gasteiger partial charge in [-0.15, -0.1) is 0 Å². The number of H-pyrrole nitrogens is 1. The van der Waals surface area contributed by atoms with Gasteiger partial charge in [-0.05, 0) is 30.9 Å². The van der Waals surface area contributed by atoms with Crippen LogP contribution >= 0.6 is 0 Å². The van der Waals surface area contributed by atoms with Crippen LogP contribution in [0.4, 0.5) is 0 Å². The summed E-state index contributed by atoms with van der Waals surface area (Å²) in [5, 5.41) is 2.32. The number of hydrogen-bond donors (Lipinski definition) is 1. The van der Waals surface area contributed by atoms with Crippen LogP contribution in [0.15, 0.2) is 53.3 Å². The summed E-state index contributed by atoms with van der Waals surface area (Å²) in [6.45, 7) is 4.04. The fraction of sp³-hybridized carbons (Fsp3) is 0.111. The molecule has 0 unspecified atom stereocenters. The summed E-state index contributed by atoms with van der Waals surface area (Å²) < 4.78 is 2.04. The Morgan fingerprint density at radius 3 is 2.68 bits per heavy atom. The second kappa shape index (κ2) is 4.56. The number of aryl methyl sites for hydroxylation is 2. The molecule has 0 radical (unpaired) electrons. The van der Waals surface area contributed by atoms with E-state index in [1.54, 1.807) is 6.07 Å². The summed E-state index contributed by atoms with van der Waals surface area (Å²) in [5.74, 6) is 0.858. The number of fused-ring (bicyclic) bond motifs is 2. The molecule has 4 aromatic rings. The second-order valence-corrected chi connectivity index (χ2v) is 5.50. The van der Waals surface area contributed by atoms with Crippen molar-refractivity contribution in [2.24, 2.45) is 0 Å². The number of imidazole rings is 1. The van der Waals surface area contributed by atoms with E-state index in [-0.39, 0.29) is 5.56 Å². The van der Waals surface area contributed by atoms with E-state index >= 15 is 0 Å². The fourth-order valence-corrected chi connectivity index (χ4v) is 3.04. The van der Waals surface area contributed by atoms with E-state index in [2.05, 4.69) is 41.2 Å². The second-order valence-electron chi connectivity index (χ2n) is 5.50. The maximum absolute atomic E-state index is 11.7. The lowest BCUT2D eigenvalue weighted by Gasteiger charge is -2.13. The Morgan fingerprint density at radius 2 is 1.82 bits per heavy atom. The molecule has 0 aliphatic carbocycles. The van der Waals surface area contributed by atoms with Crippen molar-refractivity contribution in [1.29, 1.82) is 0 Å². The van der Waals surface area contributed by atoms with Gasteiger partial charge in [0, 0.05) is 11.5 Å².